The fourth-order valence-electron chi connectivity index (χ4n) is 3.07. The molecule has 1 aromatic rings. The van der Waals surface area contributed by atoms with Crippen LogP contribution in [-0.4, -0.2) is 16.7 Å². The van der Waals surface area contributed by atoms with Crippen molar-refractivity contribution in [2.75, 3.05) is 0 Å². The summed E-state index contributed by atoms with van der Waals surface area (Å²) in [7, 11) is 0. The largest absolute Gasteiger partial charge is 0.506 e. The van der Waals surface area contributed by atoms with Crippen molar-refractivity contribution in [1.29, 1.82) is 0 Å². The van der Waals surface area contributed by atoms with Gasteiger partial charge in [0.15, 0.2) is 5.78 Å². The van der Waals surface area contributed by atoms with E-state index in [0.717, 1.165) is 31.2 Å². The Balaban J connectivity index is 2.05. The molecule has 0 unspecified atom stereocenters. The van der Waals surface area contributed by atoms with E-state index in [9.17, 15) is 14.7 Å². The third-order valence-electron chi connectivity index (χ3n) is 4.64. The highest BCUT2D eigenvalue weighted by Crippen LogP contribution is 2.39. The number of aryl methyl sites for hydroxylation is 1. The van der Waals surface area contributed by atoms with Gasteiger partial charge in [-0.3, -0.25) is 9.59 Å². The molecule has 0 bridgehead atoms. The summed E-state index contributed by atoms with van der Waals surface area (Å²) in [4.78, 5) is 24.7. The molecule has 1 fully saturated rings. The molecule has 0 saturated heterocycles. The Labute approximate surface area is 140 Å². The predicted octanol–water partition coefficient (Wildman–Crippen LogP) is 4.82. The van der Waals surface area contributed by atoms with Crippen molar-refractivity contribution in [3.05, 3.63) is 27.7 Å². The number of phenols is 1. The first-order chi connectivity index (χ1) is 10.2. The number of aromatic hydroxyl groups is 1. The molecule has 0 atom stereocenters. The van der Waals surface area contributed by atoms with Gasteiger partial charge in [0.05, 0.1) is 16.5 Å². The van der Waals surface area contributed by atoms with Crippen molar-refractivity contribution >= 4 is 27.5 Å². The van der Waals surface area contributed by atoms with E-state index in [2.05, 4.69) is 29.8 Å². The van der Waals surface area contributed by atoms with Crippen LogP contribution in [0.25, 0.3) is 0 Å². The lowest BCUT2D eigenvalue weighted by Gasteiger charge is -2.33. The molecule has 1 aliphatic rings. The van der Waals surface area contributed by atoms with E-state index in [1.165, 1.54) is 0 Å². The molecular weight excluding hydrogens is 344 g/mol. The second-order valence-corrected chi connectivity index (χ2v) is 8.00. The Hall–Kier alpha value is -1.16. The van der Waals surface area contributed by atoms with E-state index in [0.29, 0.717) is 9.89 Å². The molecule has 0 aliphatic heterocycles. The zero-order valence-electron chi connectivity index (χ0n) is 13.4. The minimum Gasteiger partial charge on any atom is -0.506 e. The summed E-state index contributed by atoms with van der Waals surface area (Å²) in [6.07, 6.45) is 3.66. The van der Waals surface area contributed by atoms with E-state index in [-0.39, 0.29) is 35.2 Å². The minimum atomic E-state index is -0.295. The molecule has 1 saturated carbocycles. The molecule has 2 rings (SSSR count). The summed E-state index contributed by atoms with van der Waals surface area (Å²) in [6.45, 7) is 6.30. The van der Waals surface area contributed by atoms with Gasteiger partial charge in [-0.1, -0.05) is 13.8 Å². The van der Waals surface area contributed by atoms with Crippen molar-refractivity contribution in [2.45, 2.75) is 52.9 Å². The number of phenolic OH excluding ortho intramolecular Hbond substituents is 1. The summed E-state index contributed by atoms with van der Waals surface area (Å²) in [5.41, 5.74) is 1.41. The van der Waals surface area contributed by atoms with Gasteiger partial charge in [0.25, 0.3) is 0 Å². The molecule has 0 amide bonds. The average molecular weight is 367 g/mol. The lowest BCUT2D eigenvalue weighted by Crippen LogP contribution is -2.27. The summed E-state index contributed by atoms with van der Waals surface area (Å²) in [6, 6.07) is 3.39. The fraction of sp³-hybridized carbons (Fsp3) is 0.556. The molecule has 3 nitrogen and oxygen atoms in total. The average Bonchev–Trinajstić information content (AvgIpc) is 2.42. The SMILES string of the molecule is Cc1cc(Br)c(O)c(C(=O)CC(=O)C2CCC(C)(C)CC2)c1. The number of rotatable bonds is 4. The van der Waals surface area contributed by atoms with Crippen LogP contribution < -0.4 is 0 Å². The molecule has 1 N–H and O–H groups in total. The zero-order chi connectivity index (χ0) is 16.5. The topological polar surface area (TPSA) is 54.4 Å². The Morgan fingerprint density at radius 1 is 1.27 bits per heavy atom. The number of ketones is 2. The maximum absolute atomic E-state index is 12.4. The fourth-order valence-corrected chi connectivity index (χ4v) is 3.64. The molecule has 0 radical (unpaired) electrons. The Morgan fingerprint density at radius 2 is 1.86 bits per heavy atom. The number of carbonyl (C=O) groups excluding carboxylic acids is 2. The Morgan fingerprint density at radius 3 is 2.45 bits per heavy atom. The van der Waals surface area contributed by atoms with Crippen molar-refractivity contribution < 1.29 is 14.7 Å². The van der Waals surface area contributed by atoms with Gasteiger partial charge in [-0.2, -0.15) is 0 Å². The molecule has 1 aliphatic carbocycles. The second kappa shape index (κ2) is 6.53. The summed E-state index contributed by atoms with van der Waals surface area (Å²) in [5.74, 6) is -0.366. The van der Waals surface area contributed by atoms with E-state index in [1.54, 1.807) is 12.1 Å². The summed E-state index contributed by atoms with van der Waals surface area (Å²) >= 11 is 3.23. The lowest BCUT2D eigenvalue weighted by molar-refractivity contribution is -0.123. The molecule has 0 heterocycles. The van der Waals surface area contributed by atoms with Gasteiger partial charge >= 0.3 is 0 Å². The number of halogens is 1. The van der Waals surface area contributed by atoms with E-state index >= 15 is 0 Å². The second-order valence-electron chi connectivity index (χ2n) is 7.15. The van der Waals surface area contributed by atoms with Crippen LogP contribution in [0.5, 0.6) is 5.75 Å². The first-order valence-corrected chi connectivity index (χ1v) is 8.54. The molecule has 0 spiro atoms. The van der Waals surface area contributed by atoms with Crippen LogP contribution in [0.15, 0.2) is 16.6 Å². The third-order valence-corrected chi connectivity index (χ3v) is 5.24. The monoisotopic (exact) mass is 366 g/mol. The smallest absolute Gasteiger partial charge is 0.174 e. The number of benzene rings is 1. The minimum absolute atomic E-state index is 0.00707. The van der Waals surface area contributed by atoms with Crippen LogP contribution in [-0.2, 0) is 4.79 Å². The molecule has 22 heavy (non-hydrogen) atoms. The van der Waals surface area contributed by atoms with E-state index in [4.69, 9.17) is 0 Å². The van der Waals surface area contributed by atoms with Crippen molar-refractivity contribution in [1.82, 2.24) is 0 Å². The predicted molar refractivity (Wildman–Crippen MR) is 90.2 cm³/mol. The van der Waals surface area contributed by atoms with Gasteiger partial charge in [0.2, 0.25) is 0 Å². The van der Waals surface area contributed by atoms with Gasteiger partial charge in [-0.05, 0) is 71.6 Å². The lowest BCUT2D eigenvalue weighted by atomic mass is 9.71. The van der Waals surface area contributed by atoms with Gasteiger partial charge in [0.1, 0.15) is 11.5 Å². The standard InChI is InChI=1S/C18H23BrO3/c1-11-8-13(17(22)14(19)9-11)16(21)10-15(20)12-4-6-18(2,3)7-5-12/h8-9,12,22H,4-7,10H2,1-3H3. The molecule has 4 heteroatoms. The van der Waals surface area contributed by atoms with E-state index in [1.807, 2.05) is 6.92 Å². The number of hydrogen-bond donors (Lipinski definition) is 1. The molecule has 120 valence electrons. The summed E-state index contributed by atoms with van der Waals surface area (Å²) < 4.78 is 0.489. The molecule has 0 aromatic heterocycles. The highest BCUT2D eigenvalue weighted by molar-refractivity contribution is 9.10. The van der Waals surface area contributed by atoms with Crippen LogP contribution in [0.1, 0.15) is 61.9 Å². The van der Waals surface area contributed by atoms with Crippen LogP contribution in [0, 0.1) is 18.3 Å². The van der Waals surface area contributed by atoms with Gasteiger partial charge in [-0.25, -0.2) is 0 Å². The van der Waals surface area contributed by atoms with Crippen LogP contribution in [0.3, 0.4) is 0 Å². The van der Waals surface area contributed by atoms with Crippen molar-refractivity contribution in [3.63, 3.8) is 0 Å². The van der Waals surface area contributed by atoms with Gasteiger partial charge < -0.3 is 5.11 Å². The van der Waals surface area contributed by atoms with Crippen LogP contribution in [0.4, 0.5) is 0 Å². The normalized spacial score (nSPS) is 18.2. The first-order valence-electron chi connectivity index (χ1n) is 7.74. The van der Waals surface area contributed by atoms with Crippen molar-refractivity contribution in [2.24, 2.45) is 11.3 Å². The maximum Gasteiger partial charge on any atom is 0.174 e. The number of Topliss-reactive ketones (excluding diaryl/α,β-unsaturated/α-hetero) is 2. The van der Waals surface area contributed by atoms with Gasteiger partial charge in [0, 0.05) is 5.92 Å². The quantitative estimate of drug-likeness (QED) is 0.613. The molecule has 1 aromatic carbocycles. The van der Waals surface area contributed by atoms with Crippen LogP contribution >= 0.6 is 15.9 Å². The number of hydrogen-bond acceptors (Lipinski definition) is 3. The van der Waals surface area contributed by atoms with Crippen molar-refractivity contribution in [3.8, 4) is 5.75 Å². The Bertz CT molecular complexity index is 595. The van der Waals surface area contributed by atoms with E-state index < -0.39 is 0 Å². The van der Waals surface area contributed by atoms with Crippen LogP contribution in [0.2, 0.25) is 0 Å². The number of carbonyl (C=O) groups is 2. The maximum atomic E-state index is 12.4. The molecular formula is C18H23BrO3. The summed E-state index contributed by atoms with van der Waals surface area (Å²) in [5, 5.41) is 10.0. The van der Waals surface area contributed by atoms with Gasteiger partial charge in [-0.15, -0.1) is 0 Å². The zero-order valence-corrected chi connectivity index (χ0v) is 15.0. The highest BCUT2D eigenvalue weighted by atomic mass is 79.9. The Kier molecular flexibility index (Phi) is 5.10. The highest BCUT2D eigenvalue weighted by Gasteiger charge is 2.31. The third kappa shape index (κ3) is 3.97. The first kappa shape index (κ1) is 17.2.